The SMILES string of the molecule is CCCNC(=O)CSc1nnc(-c2ccccc2Br)n1N. The first-order valence-electron chi connectivity index (χ1n) is 6.48. The second-order valence-electron chi connectivity index (χ2n) is 4.29. The van der Waals surface area contributed by atoms with Gasteiger partial charge in [0.1, 0.15) is 0 Å². The van der Waals surface area contributed by atoms with Crippen LogP contribution in [-0.4, -0.2) is 33.1 Å². The quantitative estimate of drug-likeness (QED) is 0.600. The van der Waals surface area contributed by atoms with Crippen molar-refractivity contribution in [2.24, 2.45) is 0 Å². The molecule has 6 nitrogen and oxygen atoms in total. The molecule has 0 saturated carbocycles. The van der Waals surface area contributed by atoms with Gasteiger partial charge in [0.2, 0.25) is 11.1 Å². The summed E-state index contributed by atoms with van der Waals surface area (Å²) in [6, 6.07) is 7.63. The summed E-state index contributed by atoms with van der Waals surface area (Å²) in [5.41, 5.74) is 0.856. The number of halogens is 1. The maximum atomic E-state index is 11.6. The number of benzene rings is 1. The highest BCUT2D eigenvalue weighted by Gasteiger charge is 2.15. The van der Waals surface area contributed by atoms with Crippen LogP contribution in [0.15, 0.2) is 33.9 Å². The van der Waals surface area contributed by atoms with Gasteiger partial charge >= 0.3 is 0 Å². The number of nitrogens with one attached hydrogen (secondary N) is 1. The first-order chi connectivity index (χ1) is 10.1. The number of amides is 1. The fraction of sp³-hybridized carbons (Fsp3) is 0.308. The number of nitrogen functional groups attached to an aromatic ring is 1. The third kappa shape index (κ3) is 3.98. The standard InChI is InChI=1S/C13H16BrN5OS/c1-2-7-16-11(20)8-21-13-18-17-12(19(13)15)9-5-3-4-6-10(9)14/h3-6H,2,7-8,15H2,1H3,(H,16,20). The lowest BCUT2D eigenvalue weighted by atomic mass is 10.2. The molecule has 0 aliphatic rings. The fourth-order valence-electron chi connectivity index (χ4n) is 1.65. The van der Waals surface area contributed by atoms with E-state index in [2.05, 4.69) is 31.4 Å². The number of nitrogens with two attached hydrogens (primary N) is 1. The lowest BCUT2D eigenvalue weighted by molar-refractivity contribution is -0.118. The maximum Gasteiger partial charge on any atom is 0.230 e. The van der Waals surface area contributed by atoms with Gasteiger partial charge < -0.3 is 11.2 Å². The molecule has 1 aromatic heterocycles. The lowest BCUT2D eigenvalue weighted by Crippen LogP contribution is -2.26. The van der Waals surface area contributed by atoms with E-state index in [9.17, 15) is 4.79 Å². The van der Waals surface area contributed by atoms with Gasteiger partial charge in [0.05, 0.1) is 5.75 Å². The van der Waals surface area contributed by atoms with E-state index in [0.29, 0.717) is 17.5 Å². The Bertz CT molecular complexity index is 631. The summed E-state index contributed by atoms with van der Waals surface area (Å²) < 4.78 is 2.29. The first-order valence-corrected chi connectivity index (χ1v) is 8.26. The van der Waals surface area contributed by atoms with Crippen LogP contribution < -0.4 is 11.2 Å². The van der Waals surface area contributed by atoms with Crippen molar-refractivity contribution in [3.8, 4) is 11.4 Å². The van der Waals surface area contributed by atoms with Crippen molar-refractivity contribution < 1.29 is 4.79 Å². The molecule has 0 spiro atoms. The Kier molecular flexibility index (Phi) is 5.63. The normalized spacial score (nSPS) is 10.6. The molecule has 0 unspecified atom stereocenters. The maximum absolute atomic E-state index is 11.6. The van der Waals surface area contributed by atoms with Gasteiger partial charge in [-0.25, -0.2) is 4.68 Å². The summed E-state index contributed by atoms with van der Waals surface area (Å²) in [7, 11) is 0. The van der Waals surface area contributed by atoms with Gasteiger partial charge in [-0.2, -0.15) is 0 Å². The van der Waals surface area contributed by atoms with Crippen molar-refractivity contribution in [2.45, 2.75) is 18.5 Å². The summed E-state index contributed by atoms with van der Waals surface area (Å²) in [5.74, 6) is 6.80. The summed E-state index contributed by atoms with van der Waals surface area (Å²) in [5, 5.41) is 11.4. The van der Waals surface area contributed by atoms with Crippen LogP contribution in [-0.2, 0) is 4.79 Å². The van der Waals surface area contributed by atoms with Crippen molar-refractivity contribution in [1.29, 1.82) is 0 Å². The topological polar surface area (TPSA) is 85.8 Å². The van der Waals surface area contributed by atoms with E-state index in [-0.39, 0.29) is 11.7 Å². The predicted molar refractivity (Wildman–Crippen MR) is 87.3 cm³/mol. The number of nitrogens with zero attached hydrogens (tertiary/aromatic N) is 3. The molecular formula is C13H16BrN5OS. The minimum atomic E-state index is -0.0349. The Balaban J connectivity index is 2.07. The highest BCUT2D eigenvalue weighted by atomic mass is 79.9. The summed E-state index contributed by atoms with van der Waals surface area (Å²) in [6.45, 7) is 2.69. The van der Waals surface area contributed by atoms with Gasteiger partial charge in [-0.3, -0.25) is 4.79 Å². The zero-order valence-electron chi connectivity index (χ0n) is 11.5. The molecule has 1 aromatic carbocycles. The second-order valence-corrected chi connectivity index (χ2v) is 6.09. The molecule has 0 radical (unpaired) electrons. The van der Waals surface area contributed by atoms with E-state index in [1.165, 1.54) is 16.4 Å². The Hall–Kier alpha value is -1.54. The highest BCUT2D eigenvalue weighted by Crippen LogP contribution is 2.27. The number of rotatable bonds is 6. The molecule has 0 fully saturated rings. The first kappa shape index (κ1) is 15.8. The molecular weight excluding hydrogens is 354 g/mol. The minimum Gasteiger partial charge on any atom is -0.355 e. The minimum absolute atomic E-state index is 0.0349. The van der Waals surface area contributed by atoms with E-state index in [4.69, 9.17) is 5.84 Å². The van der Waals surface area contributed by atoms with Crippen molar-refractivity contribution in [3.63, 3.8) is 0 Å². The molecule has 0 aliphatic heterocycles. The highest BCUT2D eigenvalue weighted by molar-refractivity contribution is 9.10. The number of carbonyl (C=O) groups excluding carboxylic acids is 1. The van der Waals surface area contributed by atoms with Crippen LogP contribution in [0.2, 0.25) is 0 Å². The van der Waals surface area contributed by atoms with Crippen molar-refractivity contribution in [2.75, 3.05) is 18.1 Å². The number of hydrogen-bond acceptors (Lipinski definition) is 5. The van der Waals surface area contributed by atoms with Crippen LogP contribution in [0.1, 0.15) is 13.3 Å². The number of hydrogen-bond donors (Lipinski definition) is 2. The third-order valence-corrected chi connectivity index (χ3v) is 4.32. The summed E-state index contributed by atoms with van der Waals surface area (Å²) in [6.07, 6.45) is 0.912. The van der Waals surface area contributed by atoms with Crippen LogP contribution in [0, 0.1) is 0 Å². The molecule has 0 atom stereocenters. The van der Waals surface area contributed by atoms with Gasteiger partial charge in [-0.15, -0.1) is 10.2 Å². The molecule has 0 bridgehead atoms. The molecule has 8 heteroatoms. The predicted octanol–water partition coefficient (Wildman–Crippen LogP) is 2.04. The fourth-order valence-corrected chi connectivity index (χ4v) is 2.80. The van der Waals surface area contributed by atoms with Gasteiger partial charge in [-0.1, -0.05) is 46.7 Å². The summed E-state index contributed by atoms with van der Waals surface area (Å²) >= 11 is 4.72. The molecule has 1 heterocycles. The average Bonchev–Trinajstić information content (AvgIpc) is 2.84. The second kappa shape index (κ2) is 7.46. The van der Waals surface area contributed by atoms with Crippen LogP contribution in [0.5, 0.6) is 0 Å². The Morgan fingerprint density at radius 3 is 2.90 bits per heavy atom. The zero-order chi connectivity index (χ0) is 15.2. The van der Waals surface area contributed by atoms with E-state index >= 15 is 0 Å². The van der Waals surface area contributed by atoms with E-state index in [1.807, 2.05) is 31.2 Å². The van der Waals surface area contributed by atoms with Gasteiger partial charge in [0.15, 0.2) is 5.82 Å². The van der Waals surface area contributed by atoms with Crippen molar-refractivity contribution in [1.82, 2.24) is 20.2 Å². The van der Waals surface area contributed by atoms with Crippen molar-refractivity contribution >= 4 is 33.6 Å². The van der Waals surface area contributed by atoms with Crippen LogP contribution in [0.25, 0.3) is 11.4 Å². The van der Waals surface area contributed by atoms with E-state index < -0.39 is 0 Å². The largest absolute Gasteiger partial charge is 0.355 e. The monoisotopic (exact) mass is 369 g/mol. The summed E-state index contributed by atoms with van der Waals surface area (Å²) in [4.78, 5) is 11.6. The van der Waals surface area contributed by atoms with E-state index in [0.717, 1.165) is 16.5 Å². The Morgan fingerprint density at radius 1 is 1.43 bits per heavy atom. The molecule has 0 saturated heterocycles. The number of thioether (sulfide) groups is 1. The Morgan fingerprint density at radius 2 is 2.19 bits per heavy atom. The number of aromatic nitrogens is 3. The molecule has 1 amide bonds. The van der Waals surface area contributed by atoms with Crippen LogP contribution in [0.3, 0.4) is 0 Å². The van der Waals surface area contributed by atoms with E-state index in [1.54, 1.807) is 0 Å². The Labute approximate surface area is 135 Å². The zero-order valence-corrected chi connectivity index (χ0v) is 13.9. The lowest BCUT2D eigenvalue weighted by Gasteiger charge is -2.05. The third-order valence-electron chi connectivity index (χ3n) is 2.68. The van der Waals surface area contributed by atoms with Crippen LogP contribution in [0.4, 0.5) is 0 Å². The molecule has 2 aromatic rings. The average molecular weight is 370 g/mol. The smallest absolute Gasteiger partial charge is 0.230 e. The van der Waals surface area contributed by atoms with Gasteiger partial charge in [-0.05, 0) is 18.6 Å². The molecule has 112 valence electrons. The van der Waals surface area contributed by atoms with Gasteiger partial charge in [0, 0.05) is 16.6 Å². The molecule has 3 N–H and O–H groups in total. The number of carbonyl (C=O) groups is 1. The molecule has 2 rings (SSSR count). The van der Waals surface area contributed by atoms with Crippen LogP contribution >= 0.6 is 27.7 Å². The molecule has 21 heavy (non-hydrogen) atoms. The van der Waals surface area contributed by atoms with Crippen molar-refractivity contribution in [3.05, 3.63) is 28.7 Å². The van der Waals surface area contributed by atoms with Gasteiger partial charge in [0.25, 0.3) is 0 Å². The molecule has 0 aliphatic carbocycles.